The molecular formula is C29H39N7O. The Hall–Kier alpha value is -3.10. The number of aromatic nitrogens is 2. The summed E-state index contributed by atoms with van der Waals surface area (Å²) in [7, 11) is 2.06. The van der Waals surface area contributed by atoms with Crippen molar-refractivity contribution in [1.82, 2.24) is 35.7 Å². The van der Waals surface area contributed by atoms with Crippen LogP contribution in [0.4, 0.5) is 4.79 Å². The average Bonchev–Trinajstić information content (AvgIpc) is 3.49. The lowest BCUT2D eigenvalue weighted by Crippen LogP contribution is -2.52. The van der Waals surface area contributed by atoms with Crippen LogP contribution in [0.15, 0.2) is 41.6 Å². The summed E-state index contributed by atoms with van der Waals surface area (Å²) in [5.41, 5.74) is 13.7. The molecule has 8 nitrogen and oxygen atoms in total. The zero-order chi connectivity index (χ0) is 25.5. The van der Waals surface area contributed by atoms with Gasteiger partial charge in [0.05, 0.1) is 17.9 Å². The standard InChI is InChI=1S/C29H39N7O/c1-19-6-4-7-20(2)24(19)17-35-12-5-8-23(16-35)31-29(37)36-13-11-26-25(18-36)28(33-32-26)21-9-10-27-22(14-21)15-30-34(27)3/h4,6-7,9-10,21,23,30H,5,8,11-18H2,1-3H3,(H,31,37)(H,32,33). The Morgan fingerprint density at radius 1 is 1.22 bits per heavy atom. The second-order valence-electron chi connectivity index (χ2n) is 11.2. The maximum Gasteiger partial charge on any atom is 0.317 e. The maximum atomic E-state index is 13.4. The summed E-state index contributed by atoms with van der Waals surface area (Å²) in [5, 5.41) is 13.5. The van der Waals surface area contributed by atoms with E-state index >= 15 is 0 Å². The van der Waals surface area contributed by atoms with Crippen LogP contribution in [0.1, 0.15) is 58.8 Å². The zero-order valence-corrected chi connectivity index (χ0v) is 22.3. The second kappa shape index (κ2) is 9.99. The van der Waals surface area contributed by atoms with E-state index in [9.17, 15) is 4.79 Å². The minimum absolute atomic E-state index is 0.0579. The van der Waals surface area contributed by atoms with Crippen molar-refractivity contribution in [2.45, 2.75) is 64.6 Å². The van der Waals surface area contributed by atoms with Crippen molar-refractivity contribution in [3.05, 3.63) is 75.3 Å². The van der Waals surface area contributed by atoms with E-state index in [0.717, 1.165) is 64.1 Å². The van der Waals surface area contributed by atoms with Crippen LogP contribution in [0.3, 0.4) is 0 Å². The summed E-state index contributed by atoms with van der Waals surface area (Å²) in [6.45, 7) is 9.59. The van der Waals surface area contributed by atoms with Crippen LogP contribution in [0.2, 0.25) is 0 Å². The first-order valence-electron chi connectivity index (χ1n) is 13.7. The highest BCUT2D eigenvalue weighted by molar-refractivity contribution is 5.75. The molecule has 4 heterocycles. The predicted molar refractivity (Wildman–Crippen MR) is 145 cm³/mol. The first-order chi connectivity index (χ1) is 18.0. The number of carbonyl (C=O) groups excluding carboxylic acids is 1. The summed E-state index contributed by atoms with van der Waals surface area (Å²) in [6, 6.07) is 6.77. The number of urea groups is 1. The molecule has 2 atom stereocenters. The maximum absolute atomic E-state index is 13.4. The largest absolute Gasteiger partial charge is 0.334 e. The number of aromatic amines is 1. The number of hydrazine groups is 1. The van der Waals surface area contributed by atoms with Gasteiger partial charge in [-0.25, -0.2) is 10.2 Å². The molecule has 1 aliphatic carbocycles. The van der Waals surface area contributed by atoms with Gasteiger partial charge in [-0.15, -0.1) is 0 Å². The van der Waals surface area contributed by atoms with Crippen molar-refractivity contribution in [2.75, 3.05) is 33.2 Å². The van der Waals surface area contributed by atoms with Gasteiger partial charge in [0, 0.05) is 62.9 Å². The number of nitrogens with zero attached hydrogens (tertiary/aromatic N) is 4. The lowest BCUT2D eigenvalue weighted by Gasteiger charge is -2.36. The Labute approximate surface area is 219 Å². The van der Waals surface area contributed by atoms with Gasteiger partial charge >= 0.3 is 6.03 Å². The monoisotopic (exact) mass is 501 g/mol. The normalized spacial score (nSPS) is 23.9. The van der Waals surface area contributed by atoms with Gasteiger partial charge in [0.25, 0.3) is 0 Å². The third kappa shape index (κ3) is 4.80. The molecule has 1 saturated heterocycles. The number of nitrogens with one attached hydrogen (secondary N) is 3. The fraction of sp³-hybridized carbons (Fsp3) is 0.517. The van der Waals surface area contributed by atoms with Gasteiger partial charge in [-0.05, 0) is 68.0 Å². The molecule has 3 N–H and O–H groups in total. The molecule has 2 unspecified atom stereocenters. The highest BCUT2D eigenvalue weighted by Gasteiger charge is 2.32. The first-order valence-corrected chi connectivity index (χ1v) is 13.7. The molecule has 2 amide bonds. The number of rotatable bonds is 4. The van der Waals surface area contributed by atoms with E-state index < -0.39 is 0 Å². The van der Waals surface area contributed by atoms with Crippen molar-refractivity contribution < 1.29 is 4.79 Å². The van der Waals surface area contributed by atoms with E-state index in [1.54, 1.807) is 0 Å². The molecule has 8 heteroatoms. The fourth-order valence-corrected chi connectivity index (χ4v) is 6.46. The number of hydrogen-bond acceptors (Lipinski definition) is 5. The molecule has 196 valence electrons. The van der Waals surface area contributed by atoms with Crippen LogP contribution >= 0.6 is 0 Å². The van der Waals surface area contributed by atoms with Crippen LogP contribution < -0.4 is 10.7 Å². The summed E-state index contributed by atoms with van der Waals surface area (Å²) in [5.74, 6) is 0.256. The van der Waals surface area contributed by atoms with Crippen LogP contribution in [0.5, 0.6) is 0 Å². The first kappa shape index (κ1) is 24.2. The Kier molecular flexibility index (Phi) is 6.55. The number of piperidine rings is 1. The molecule has 0 bridgehead atoms. The SMILES string of the molecule is Cc1cccc(C)c1CN1CCCC(NC(=O)N2CCc3[nH]nc(C4C=CC5=C(CNN5C)C4)c3C2)C1. The number of likely N-dealkylation sites (N-methyl/N-ethyl adjacent to an activating group) is 1. The summed E-state index contributed by atoms with van der Waals surface area (Å²) >= 11 is 0. The van der Waals surface area contributed by atoms with E-state index in [2.05, 4.69) is 77.0 Å². The molecule has 1 aromatic heterocycles. The van der Waals surface area contributed by atoms with E-state index in [4.69, 9.17) is 5.10 Å². The molecule has 4 aliphatic rings. The third-order valence-electron chi connectivity index (χ3n) is 8.67. The van der Waals surface area contributed by atoms with Crippen molar-refractivity contribution >= 4 is 6.03 Å². The Balaban J connectivity index is 1.08. The van der Waals surface area contributed by atoms with Crippen molar-refractivity contribution in [3.63, 3.8) is 0 Å². The molecule has 6 rings (SSSR count). The van der Waals surface area contributed by atoms with Gasteiger partial charge in [0.1, 0.15) is 0 Å². The Morgan fingerprint density at radius 3 is 2.89 bits per heavy atom. The van der Waals surface area contributed by atoms with E-state index in [1.165, 1.54) is 39.2 Å². The highest BCUT2D eigenvalue weighted by atomic mass is 16.2. The number of fused-ring (bicyclic) bond motifs is 1. The van der Waals surface area contributed by atoms with Crippen LogP contribution in [0.25, 0.3) is 0 Å². The quantitative estimate of drug-likeness (QED) is 0.598. The second-order valence-corrected chi connectivity index (χ2v) is 11.2. The summed E-state index contributed by atoms with van der Waals surface area (Å²) < 4.78 is 0. The number of hydrogen-bond donors (Lipinski definition) is 3. The van der Waals surface area contributed by atoms with Crippen molar-refractivity contribution in [2.24, 2.45) is 0 Å². The molecule has 0 spiro atoms. The Bertz CT molecular complexity index is 1220. The van der Waals surface area contributed by atoms with E-state index in [1.807, 2.05) is 4.90 Å². The topological polar surface area (TPSA) is 79.5 Å². The minimum Gasteiger partial charge on any atom is -0.334 e. The van der Waals surface area contributed by atoms with Crippen LogP contribution in [-0.2, 0) is 19.5 Å². The average molecular weight is 502 g/mol. The Morgan fingerprint density at radius 2 is 2.05 bits per heavy atom. The molecular weight excluding hydrogens is 462 g/mol. The van der Waals surface area contributed by atoms with Crippen molar-refractivity contribution in [1.29, 1.82) is 0 Å². The number of aryl methyl sites for hydroxylation is 2. The number of likely N-dealkylation sites (tertiary alicyclic amines) is 1. The lowest BCUT2D eigenvalue weighted by atomic mass is 9.87. The predicted octanol–water partition coefficient (Wildman–Crippen LogP) is 3.51. The number of allylic oxidation sites excluding steroid dienone is 2. The van der Waals surface area contributed by atoms with Gasteiger partial charge in [-0.1, -0.05) is 24.3 Å². The molecule has 0 saturated carbocycles. The lowest BCUT2D eigenvalue weighted by molar-refractivity contribution is 0.160. The smallest absolute Gasteiger partial charge is 0.317 e. The van der Waals surface area contributed by atoms with Gasteiger partial charge < -0.3 is 15.2 Å². The van der Waals surface area contributed by atoms with Crippen LogP contribution in [0, 0.1) is 13.8 Å². The van der Waals surface area contributed by atoms with Gasteiger partial charge in [0.15, 0.2) is 0 Å². The molecule has 1 fully saturated rings. The minimum atomic E-state index is 0.0579. The zero-order valence-electron chi connectivity index (χ0n) is 22.3. The molecule has 37 heavy (non-hydrogen) atoms. The van der Waals surface area contributed by atoms with E-state index in [0.29, 0.717) is 6.54 Å². The number of H-pyrrole nitrogens is 1. The molecule has 3 aliphatic heterocycles. The molecule has 2 aromatic rings. The molecule has 0 radical (unpaired) electrons. The van der Waals surface area contributed by atoms with Gasteiger partial charge in [0.2, 0.25) is 0 Å². The van der Waals surface area contributed by atoms with Crippen LogP contribution in [-0.4, -0.2) is 70.3 Å². The van der Waals surface area contributed by atoms with E-state index in [-0.39, 0.29) is 18.0 Å². The summed E-state index contributed by atoms with van der Waals surface area (Å²) in [4.78, 5) is 17.9. The van der Waals surface area contributed by atoms with Crippen molar-refractivity contribution in [3.8, 4) is 0 Å². The van der Waals surface area contributed by atoms with Gasteiger partial charge in [-0.3, -0.25) is 10.00 Å². The molecule has 1 aromatic carbocycles. The number of benzene rings is 1. The number of amides is 2. The fourth-order valence-electron chi connectivity index (χ4n) is 6.46. The number of carbonyl (C=O) groups is 1. The third-order valence-corrected chi connectivity index (χ3v) is 8.67. The van der Waals surface area contributed by atoms with Gasteiger partial charge in [-0.2, -0.15) is 5.10 Å². The highest BCUT2D eigenvalue weighted by Crippen LogP contribution is 2.36. The summed E-state index contributed by atoms with van der Waals surface area (Å²) in [6.07, 6.45) is 8.44.